The lowest BCUT2D eigenvalue weighted by Gasteiger charge is -2.19. The monoisotopic (exact) mass is 230 g/mol. The fourth-order valence-corrected chi connectivity index (χ4v) is 1.53. The van der Waals surface area contributed by atoms with Gasteiger partial charge in [-0.1, -0.05) is 12.2 Å². The first-order chi connectivity index (χ1) is 8.31. The van der Waals surface area contributed by atoms with E-state index in [2.05, 4.69) is 4.98 Å². The molecule has 2 heterocycles. The highest BCUT2D eigenvalue weighted by atomic mass is 16.5. The summed E-state index contributed by atoms with van der Waals surface area (Å²) in [5.41, 5.74) is 0.479. The number of hydrogen-bond donors (Lipinski definition) is 0. The molecule has 17 heavy (non-hydrogen) atoms. The number of nitrogens with zero attached hydrogens (tertiary/aromatic N) is 2. The SMILES string of the molecule is CCOC(=O)c1ccc(N2C=CC=CC2)nc1. The molecule has 0 fully saturated rings. The summed E-state index contributed by atoms with van der Waals surface area (Å²) in [4.78, 5) is 17.7. The van der Waals surface area contributed by atoms with Crippen molar-refractivity contribution >= 4 is 11.8 Å². The summed E-state index contributed by atoms with van der Waals surface area (Å²) in [6, 6.07) is 3.54. The number of hydrogen-bond acceptors (Lipinski definition) is 4. The van der Waals surface area contributed by atoms with Crippen molar-refractivity contribution in [3.63, 3.8) is 0 Å². The van der Waals surface area contributed by atoms with E-state index in [-0.39, 0.29) is 5.97 Å². The van der Waals surface area contributed by atoms with Crippen molar-refractivity contribution in [1.29, 1.82) is 0 Å². The molecule has 0 aromatic carbocycles. The van der Waals surface area contributed by atoms with Crippen LogP contribution in [0.4, 0.5) is 5.82 Å². The molecule has 0 saturated carbocycles. The summed E-state index contributed by atoms with van der Waals surface area (Å²) in [7, 11) is 0. The second-order valence-electron chi connectivity index (χ2n) is 3.55. The Balaban J connectivity index is 2.10. The molecule has 0 radical (unpaired) electrons. The van der Waals surface area contributed by atoms with Gasteiger partial charge in [0.05, 0.1) is 12.2 Å². The molecule has 0 amide bonds. The van der Waals surface area contributed by atoms with Crippen molar-refractivity contribution in [2.24, 2.45) is 0 Å². The van der Waals surface area contributed by atoms with Crippen LogP contribution in [0.2, 0.25) is 0 Å². The van der Waals surface area contributed by atoms with Crippen molar-refractivity contribution in [3.05, 3.63) is 48.3 Å². The van der Waals surface area contributed by atoms with Crippen molar-refractivity contribution in [2.75, 3.05) is 18.1 Å². The predicted molar refractivity (Wildman–Crippen MR) is 65.8 cm³/mol. The molecule has 1 aromatic heterocycles. The van der Waals surface area contributed by atoms with Crippen LogP contribution in [0.3, 0.4) is 0 Å². The van der Waals surface area contributed by atoms with Crippen molar-refractivity contribution in [1.82, 2.24) is 4.98 Å². The lowest BCUT2D eigenvalue weighted by molar-refractivity contribution is 0.0526. The van der Waals surface area contributed by atoms with E-state index in [0.717, 1.165) is 12.4 Å². The van der Waals surface area contributed by atoms with Gasteiger partial charge in [-0.15, -0.1) is 0 Å². The molecule has 4 nitrogen and oxygen atoms in total. The Labute approximate surface area is 100 Å². The Morgan fingerprint density at radius 3 is 2.94 bits per heavy atom. The van der Waals surface area contributed by atoms with Crippen LogP contribution >= 0.6 is 0 Å². The van der Waals surface area contributed by atoms with Crippen molar-refractivity contribution < 1.29 is 9.53 Å². The first-order valence-electron chi connectivity index (χ1n) is 5.54. The molecule has 0 saturated heterocycles. The fraction of sp³-hybridized carbons (Fsp3) is 0.231. The van der Waals surface area contributed by atoms with Gasteiger partial charge in [0.1, 0.15) is 5.82 Å². The number of pyridine rings is 1. The van der Waals surface area contributed by atoms with E-state index in [1.165, 1.54) is 0 Å². The predicted octanol–water partition coefficient (Wildman–Crippen LogP) is 2.15. The van der Waals surface area contributed by atoms with Crippen LogP contribution < -0.4 is 4.90 Å². The van der Waals surface area contributed by atoms with Gasteiger partial charge in [-0.3, -0.25) is 0 Å². The molecule has 88 valence electrons. The van der Waals surface area contributed by atoms with Crippen LogP contribution in [0.25, 0.3) is 0 Å². The Hall–Kier alpha value is -2.10. The molecule has 1 aromatic rings. The van der Waals surface area contributed by atoms with E-state index < -0.39 is 0 Å². The third kappa shape index (κ3) is 2.72. The number of carbonyl (C=O) groups excluding carboxylic acids is 1. The first kappa shape index (κ1) is 11.4. The standard InChI is InChI=1S/C13H14N2O2/c1-2-17-13(16)11-6-7-12(14-10-11)15-8-4-3-5-9-15/h3-8,10H,2,9H2,1H3. The molecular formula is C13H14N2O2. The molecular weight excluding hydrogens is 216 g/mol. The summed E-state index contributed by atoms with van der Waals surface area (Å²) >= 11 is 0. The maximum absolute atomic E-state index is 11.4. The molecule has 0 spiro atoms. The summed E-state index contributed by atoms with van der Waals surface area (Å²) < 4.78 is 4.90. The number of rotatable bonds is 3. The Bertz CT molecular complexity index is 449. The maximum atomic E-state index is 11.4. The lowest BCUT2D eigenvalue weighted by atomic mass is 10.2. The van der Waals surface area contributed by atoms with E-state index in [4.69, 9.17) is 4.74 Å². The minimum atomic E-state index is -0.333. The second kappa shape index (κ2) is 5.30. The Morgan fingerprint density at radius 2 is 2.35 bits per heavy atom. The fourth-order valence-electron chi connectivity index (χ4n) is 1.53. The van der Waals surface area contributed by atoms with E-state index in [0.29, 0.717) is 12.2 Å². The smallest absolute Gasteiger partial charge is 0.339 e. The molecule has 0 atom stereocenters. The van der Waals surface area contributed by atoms with Crippen LogP contribution in [-0.2, 0) is 4.74 Å². The first-order valence-corrected chi connectivity index (χ1v) is 5.54. The van der Waals surface area contributed by atoms with Crippen LogP contribution in [0, 0.1) is 0 Å². The highest BCUT2D eigenvalue weighted by Gasteiger charge is 2.09. The number of esters is 1. The zero-order valence-corrected chi connectivity index (χ0v) is 9.67. The number of aromatic nitrogens is 1. The normalized spacial score (nSPS) is 13.8. The minimum absolute atomic E-state index is 0.333. The topological polar surface area (TPSA) is 42.4 Å². The molecule has 2 rings (SSSR count). The Kier molecular flexibility index (Phi) is 3.55. The summed E-state index contributed by atoms with van der Waals surface area (Å²) in [5.74, 6) is 0.485. The molecule has 0 bridgehead atoms. The number of ether oxygens (including phenoxy) is 1. The van der Waals surface area contributed by atoms with Gasteiger partial charge in [0.2, 0.25) is 0 Å². The molecule has 4 heteroatoms. The minimum Gasteiger partial charge on any atom is -0.462 e. The Morgan fingerprint density at radius 1 is 1.47 bits per heavy atom. The molecule has 1 aliphatic rings. The molecule has 1 aliphatic heterocycles. The average Bonchev–Trinajstić information content (AvgIpc) is 2.40. The summed E-state index contributed by atoms with van der Waals surface area (Å²) in [6.45, 7) is 2.95. The van der Waals surface area contributed by atoms with E-state index in [1.807, 2.05) is 35.4 Å². The second-order valence-corrected chi connectivity index (χ2v) is 3.55. The number of allylic oxidation sites excluding steroid dienone is 2. The molecule has 0 N–H and O–H groups in total. The molecule has 0 aliphatic carbocycles. The van der Waals surface area contributed by atoms with Crippen molar-refractivity contribution in [2.45, 2.75) is 6.92 Å². The lowest BCUT2D eigenvalue weighted by Crippen LogP contribution is -2.18. The van der Waals surface area contributed by atoms with Gasteiger partial charge >= 0.3 is 5.97 Å². The summed E-state index contributed by atoms with van der Waals surface area (Å²) in [5, 5.41) is 0. The van der Waals surface area contributed by atoms with E-state index in [1.54, 1.807) is 19.2 Å². The highest BCUT2D eigenvalue weighted by Crippen LogP contribution is 2.14. The number of anilines is 1. The van der Waals surface area contributed by atoms with Gasteiger partial charge < -0.3 is 9.64 Å². The van der Waals surface area contributed by atoms with Crippen LogP contribution in [-0.4, -0.2) is 24.1 Å². The number of carbonyl (C=O) groups is 1. The summed E-state index contributed by atoms with van der Waals surface area (Å²) in [6.07, 6.45) is 9.47. The van der Waals surface area contributed by atoms with Gasteiger partial charge in [0, 0.05) is 18.9 Å². The molecule has 0 unspecified atom stereocenters. The quantitative estimate of drug-likeness (QED) is 0.746. The third-order valence-electron chi connectivity index (χ3n) is 2.37. The van der Waals surface area contributed by atoms with Crippen LogP contribution in [0.5, 0.6) is 0 Å². The third-order valence-corrected chi connectivity index (χ3v) is 2.37. The van der Waals surface area contributed by atoms with Crippen LogP contribution in [0.15, 0.2) is 42.8 Å². The van der Waals surface area contributed by atoms with Crippen molar-refractivity contribution in [3.8, 4) is 0 Å². The van der Waals surface area contributed by atoms with Gasteiger partial charge in [-0.25, -0.2) is 9.78 Å². The largest absolute Gasteiger partial charge is 0.462 e. The van der Waals surface area contributed by atoms with Gasteiger partial charge in [-0.2, -0.15) is 0 Å². The van der Waals surface area contributed by atoms with Gasteiger partial charge in [-0.05, 0) is 25.1 Å². The maximum Gasteiger partial charge on any atom is 0.339 e. The average molecular weight is 230 g/mol. The van der Waals surface area contributed by atoms with E-state index >= 15 is 0 Å². The zero-order chi connectivity index (χ0) is 12.1. The van der Waals surface area contributed by atoms with E-state index in [9.17, 15) is 4.79 Å². The zero-order valence-electron chi connectivity index (χ0n) is 9.67. The van der Waals surface area contributed by atoms with Gasteiger partial charge in [0.15, 0.2) is 0 Å². The highest BCUT2D eigenvalue weighted by molar-refractivity contribution is 5.89. The van der Waals surface area contributed by atoms with Gasteiger partial charge in [0.25, 0.3) is 0 Å². The van der Waals surface area contributed by atoms with Crippen LogP contribution in [0.1, 0.15) is 17.3 Å².